The molecule has 0 saturated heterocycles. The standard InChI is InChI=1S/C10H9NO2S/c1-6-11-9(5-14-6)8-4-7(12)2-3-10(8)13/h2-5,12-13H,1H3. The van der Waals surface area contributed by atoms with Gasteiger partial charge in [-0.3, -0.25) is 0 Å². The van der Waals surface area contributed by atoms with E-state index in [4.69, 9.17) is 0 Å². The van der Waals surface area contributed by atoms with Gasteiger partial charge in [-0.05, 0) is 25.1 Å². The molecular formula is C10H9NO2S. The van der Waals surface area contributed by atoms with Crippen LogP contribution in [0.2, 0.25) is 0 Å². The van der Waals surface area contributed by atoms with Crippen LogP contribution in [0.1, 0.15) is 5.01 Å². The Morgan fingerprint density at radius 1 is 1.29 bits per heavy atom. The van der Waals surface area contributed by atoms with Gasteiger partial charge in [-0.1, -0.05) is 0 Å². The third kappa shape index (κ3) is 1.56. The summed E-state index contributed by atoms with van der Waals surface area (Å²) in [6.45, 7) is 1.90. The van der Waals surface area contributed by atoms with E-state index in [9.17, 15) is 10.2 Å². The van der Waals surface area contributed by atoms with Crippen molar-refractivity contribution in [1.82, 2.24) is 4.98 Å². The van der Waals surface area contributed by atoms with Crippen molar-refractivity contribution in [3.63, 3.8) is 0 Å². The third-order valence-corrected chi connectivity index (χ3v) is 2.65. The second-order valence-electron chi connectivity index (χ2n) is 2.95. The number of rotatable bonds is 1. The van der Waals surface area contributed by atoms with E-state index in [-0.39, 0.29) is 11.5 Å². The van der Waals surface area contributed by atoms with E-state index in [0.717, 1.165) is 5.01 Å². The number of aromatic hydroxyl groups is 2. The van der Waals surface area contributed by atoms with Crippen molar-refractivity contribution in [3.8, 4) is 22.8 Å². The predicted octanol–water partition coefficient (Wildman–Crippen LogP) is 2.53. The number of aromatic nitrogens is 1. The molecule has 1 aromatic heterocycles. The molecule has 1 aromatic carbocycles. The number of hydrogen-bond acceptors (Lipinski definition) is 4. The number of phenols is 2. The average molecular weight is 207 g/mol. The molecule has 0 fully saturated rings. The average Bonchev–Trinajstić information content (AvgIpc) is 2.56. The predicted molar refractivity (Wildman–Crippen MR) is 55.6 cm³/mol. The highest BCUT2D eigenvalue weighted by atomic mass is 32.1. The summed E-state index contributed by atoms with van der Waals surface area (Å²) in [5, 5.41) is 21.6. The Labute approximate surface area is 85.3 Å². The van der Waals surface area contributed by atoms with Crippen molar-refractivity contribution in [2.75, 3.05) is 0 Å². The summed E-state index contributed by atoms with van der Waals surface area (Å²) in [7, 11) is 0. The molecule has 2 aromatic rings. The summed E-state index contributed by atoms with van der Waals surface area (Å²) >= 11 is 1.51. The van der Waals surface area contributed by atoms with Gasteiger partial charge in [0.2, 0.25) is 0 Å². The fraction of sp³-hybridized carbons (Fsp3) is 0.100. The summed E-state index contributed by atoms with van der Waals surface area (Å²) in [6.07, 6.45) is 0. The Bertz CT molecular complexity index is 465. The molecule has 0 atom stereocenters. The fourth-order valence-corrected chi connectivity index (χ4v) is 1.83. The molecule has 0 saturated carbocycles. The Morgan fingerprint density at radius 3 is 2.71 bits per heavy atom. The van der Waals surface area contributed by atoms with Crippen molar-refractivity contribution < 1.29 is 10.2 Å². The molecule has 72 valence electrons. The van der Waals surface area contributed by atoms with Gasteiger partial charge in [-0.15, -0.1) is 11.3 Å². The zero-order valence-corrected chi connectivity index (χ0v) is 8.38. The van der Waals surface area contributed by atoms with Gasteiger partial charge in [0.05, 0.1) is 10.7 Å². The largest absolute Gasteiger partial charge is 0.508 e. The maximum atomic E-state index is 9.55. The zero-order valence-electron chi connectivity index (χ0n) is 7.56. The van der Waals surface area contributed by atoms with Gasteiger partial charge in [0, 0.05) is 10.9 Å². The first-order valence-electron chi connectivity index (χ1n) is 4.11. The van der Waals surface area contributed by atoms with Crippen LogP contribution in [0.25, 0.3) is 11.3 Å². The van der Waals surface area contributed by atoms with Gasteiger partial charge in [-0.2, -0.15) is 0 Å². The monoisotopic (exact) mass is 207 g/mol. The van der Waals surface area contributed by atoms with Crippen LogP contribution in [-0.4, -0.2) is 15.2 Å². The molecule has 0 aliphatic rings. The van der Waals surface area contributed by atoms with Gasteiger partial charge in [0.25, 0.3) is 0 Å². The summed E-state index contributed by atoms with van der Waals surface area (Å²) in [4.78, 5) is 4.23. The van der Waals surface area contributed by atoms with E-state index in [0.29, 0.717) is 11.3 Å². The molecule has 0 radical (unpaired) electrons. The normalized spacial score (nSPS) is 10.4. The lowest BCUT2D eigenvalue weighted by atomic mass is 10.1. The molecule has 0 aliphatic heterocycles. The Balaban J connectivity index is 2.55. The quantitative estimate of drug-likeness (QED) is 0.706. The summed E-state index contributed by atoms with van der Waals surface area (Å²) in [5.41, 5.74) is 1.26. The van der Waals surface area contributed by atoms with Crippen LogP contribution < -0.4 is 0 Å². The number of aryl methyl sites for hydroxylation is 1. The van der Waals surface area contributed by atoms with Crippen LogP contribution in [-0.2, 0) is 0 Å². The minimum Gasteiger partial charge on any atom is -0.508 e. The van der Waals surface area contributed by atoms with Gasteiger partial charge < -0.3 is 10.2 Å². The molecule has 0 aliphatic carbocycles. The van der Waals surface area contributed by atoms with Crippen molar-refractivity contribution in [3.05, 3.63) is 28.6 Å². The smallest absolute Gasteiger partial charge is 0.125 e. The van der Waals surface area contributed by atoms with Crippen LogP contribution in [0.5, 0.6) is 11.5 Å². The first-order chi connectivity index (χ1) is 6.66. The minimum absolute atomic E-state index is 0.128. The lowest BCUT2D eigenvalue weighted by Gasteiger charge is -2.01. The summed E-state index contributed by atoms with van der Waals surface area (Å²) in [5.74, 6) is 0.261. The van der Waals surface area contributed by atoms with Crippen molar-refractivity contribution >= 4 is 11.3 Å². The highest BCUT2D eigenvalue weighted by molar-refractivity contribution is 7.09. The number of hydrogen-bond donors (Lipinski definition) is 2. The van der Waals surface area contributed by atoms with Crippen molar-refractivity contribution in [1.29, 1.82) is 0 Å². The highest BCUT2D eigenvalue weighted by Crippen LogP contribution is 2.32. The molecule has 0 bridgehead atoms. The Morgan fingerprint density at radius 2 is 2.07 bits per heavy atom. The Kier molecular flexibility index (Phi) is 2.13. The SMILES string of the molecule is Cc1nc(-c2cc(O)ccc2O)cs1. The number of thiazole rings is 1. The van der Waals surface area contributed by atoms with E-state index >= 15 is 0 Å². The first kappa shape index (κ1) is 9.02. The molecule has 0 amide bonds. The molecule has 2 rings (SSSR count). The second kappa shape index (κ2) is 3.31. The lowest BCUT2D eigenvalue weighted by molar-refractivity contribution is 0.462. The highest BCUT2D eigenvalue weighted by Gasteiger charge is 2.07. The molecule has 0 spiro atoms. The molecule has 4 heteroatoms. The fourth-order valence-electron chi connectivity index (χ4n) is 1.22. The van der Waals surface area contributed by atoms with Gasteiger partial charge in [0.15, 0.2) is 0 Å². The van der Waals surface area contributed by atoms with Gasteiger partial charge in [0.1, 0.15) is 11.5 Å². The van der Waals surface area contributed by atoms with E-state index in [1.165, 1.54) is 29.5 Å². The van der Waals surface area contributed by atoms with Crippen LogP contribution >= 0.6 is 11.3 Å². The van der Waals surface area contributed by atoms with E-state index in [2.05, 4.69) is 4.98 Å². The van der Waals surface area contributed by atoms with Crippen molar-refractivity contribution in [2.24, 2.45) is 0 Å². The zero-order chi connectivity index (χ0) is 10.1. The second-order valence-corrected chi connectivity index (χ2v) is 4.02. The summed E-state index contributed by atoms with van der Waals surface area (Å²) in [6, 6.07) is 4.40. The van der Waals surface area contributed by atoms with E-state index in [1.807, 2.05) is 12.3 Å². The maximum absolute atomic E-state index is 9.55. The van der Waals surface area contributed by atoms with Crippen LogP contribution in [0.15, 0.2) is 23.6 Å². The van der Waals surface area contributed by atoms with Crippen LogP contribution in [0.4, 0.5) is 0 Å². The minimum atomic E-state index is 0.128. The first-order valence-corrected chi connectivity index (χ1v) is 4.99. The number of phenolic OH excluding ortho intramolecular Hbond substituents is 2. The summed E-state index contributed by atoms with van der Waals surface area (Å²) < 4.78 is 0. The molecular weight excluding hydrogens is 198 g/mol. The molecule has 0 unspecified atom stereocenters. The Hall–Kier alpha value is -1.55. The maximum Gasteiger partial charge on any atom is 0.125 e. The topological polar surface area (TPSA) is 53.4 Å². The number of benzene rings is 1. The third-order valence-electron chi connectivity index (χ3n) is 1.88. The van der Waals surface area contributed by atoms with Crippen LogP contribution in [0.3, 0.4) is 0 Å². The van der Waals surface area contributed by atoms with E-state index < -0.39 is 0 Å². The molecule has 1 heterocycles. The van der Waals surface area contributed by atoms with E-state index in [1.54, 1.807) is 0 Å². The van der Waals surface area contributed by atoms with Crippen LogP contribution in [0, 0.1) is 6.92 Å². The molecule has 2 N–H and O–H groups in total. The van der Waals surface area contributed by atoms with Gasteiger partial charge >= 0.3 is 0 Å². The van der Waals surface area contributed by atoms with Gasteiger partial charge in [-0.25, -0.2) is 4.98 Å². The van der Waals surface area contributed by atoms with Crippen molar-refractivity contribution in [2.45, 2.75) is 6.92 Å². The molecule has 3 nitrogen and oxygen atoms in total. The number of nitrogens with zero attached hydrogens (tertiary/aromatic N) is 1. The lowest BCUT2D eigenvalue weighted by Crippen LogP contribution is -1.79. The molecule has 14 heavy (non-hydrogen) atoms.